The Hall–Kier alpha value is -2.77. The highest BCUT2D eigenvalue weighted by Gasteiger charge is 2.33. The number of piperidine rings is 1. The van der Waals surface area contributed by atoms with Crippen LogP contribution in [0, 0.1) is 13.8 Å². The van der Waals surface area contributed by atoms with Crippen LogP contribution in [0.15, 0.2) is 30.3 Å². The van der Waals surface area contributed by atoms with Crippen LogP contribution in [0.3, 0.4) is 0 Å². The second-order valence-electron chi connectivity index (χ2n) is 9.13. The number of fused-ring (bicyclic) bond motifs is 2. The smallest absolute Gasteiger partial charge is 0.257 e. The van der Waals surface area contributed by atoms with Gasteiger partial charge < -0.3 is 10.2 Å². The first-order valence-electron chi connectivity index (χ1n) is 12.1. The number of aryl methyl sites for hydroxylation is 2. The predicted octanol–water partition coefficient (Wildman–Crippen LogP) is 4.13. The van der Waals surface area contributed by atoms with Gasteiger partial charge in [-0.1, -0.05) is 31.9 Å². The molecule has 176 valence electrons. The fourth-order valence-corrected chi connectivity index (χ4v) is 4.89. The molecular weight excluding hydrogens is 414 g/mol. The van der Waals surface area contributed by atoms with Gasteiger partial charge in [-0.25, -0.2) is 4.98 Å². The lowest BCUT2D eigenvalue weighted by Crippen LogP contribution is -2.50. The van der Waals surface area contributed by atoms with Gasteiger partial charge in [0.15, 0.2) is 5.82 Å². The van der Waals surface area contributed by atoms with Crippen molar-refractivity contribution in [2.24, 2.45) is 0 Å². The summed E-state index contributed by atoms with van der Waals surface area (Å²) >= 11 is 0. The third kappa shape index (κ3) is 4.94. The van der Waals surface area contributed by atoms with Crippen LogP contribution < -0.4 is 10.2 Å². The second-order valence-corrected chi connectivity index (χ2v) is 9.13. The molecule has 1 saturated heterocycles. The molecule has 1 fully saturated rings. The Morgan fingerprint density at radius 1 is 1.15 bits per heavy atom. The highest BCUT2D eigenvalue weighted by Crippen LogP contribution is 2.37. The maximum atomic E-state index is 13.9. The molecule has 2 amide bonds. The molecule has 1 N–H and O–H groups in total. The van der Waals surface area contributed by atoms with Crippen molar-refractivity contribution in [2.75, 3.05) is 42.9 Å². The lowest BCUT2D eigenvalue weighted by atomic mass is 10.0. The highest BCUT2D eigenvalue weighted by atomic mass is 16.2. The Morgan fingerprint density at radius 2 is 1.94 bits per heavy atom. The Labute approximate surface area is 196 Å². The van der Waals surface area contributed by atoms with Gasteiger partial charge in [0.25, 0.3) is 5.91 Å². The van der Waals surface area contributed by atoms with E-state index in [1.165, 1.54) is 6.42 Å². The number of carbonyl (C=O) groups excluding carboxylic acids is 2. The van der Waals surface area contributed by atoms with E-state index >= 15 is 0 Å². The van der Waals surface area contributed by atoms with Crippen LogP contribution in [0.4, 0.5) is 17.2 Å². The van der Waals surface area contributed by atoms with Crippen molar-refractivity contribution < 1.29 is 9.59 Å². The predicted molar refractivity (Wildman–Crippen MR) is 132 cm³/mol. The number of aromatic nitrogens is 1. The molecule has 4 rings (SSSR count). The quantitative estimate of drug-likeness (QED) is 0.718. The SMILES string of the molecule is CCN(CC)CC1CCCCN1CC(=O)N1c2ccc(C)cc2C(=O)Nc2ccc(C)nc21. The van der Waals surface area contributed by atoms with Crippen LogP contribution in [-0.2, 0) is 4.79 Å². The molecule has 0 radical (unpaired) electrons. The van der Waals surface area contributed by atoms with Crippen LogP contribution in [-0.4, -0.2) is 65.4 Å². The molecule has 2 aliphatic rings. The summed E-state index contributed by atoms with van der Waals surface area (Å²) in [6.07, 6.45) is 3.41. The molecule has 0 bridgehead atoms. The van der Waals surface area contributed by atoms with E-state index in [1.54, 1.807) is 4.90 Å². The van der Waals surface area contributed by atoms with Crippen LogP contribution in [0.5, 0.6) is 0 Å². The first kappa shape index (κ1) is 23.4. The van der Waals surface area contributed by atoms with Crippen molar-refractivity contribution in [1.82, 2.24) is 14.8 Å². The Morgan fingerprint density at radius 3 is 2.70 bits per heavy atom. The molecule has 3 heterocycles. The number of benzene rings is 1. The Balaban J connectivity index is 1.69. The van der Waals surface area contributed by atoms with E-state index in [1.807, 2.05) is 44.2 Å². The number of hydrogen-bond donors (Lipinski definition) is 1. The molecule has 2 aromatic rings. The zero-order valence-electron chi connectivity index (χ0n) is 20.2. The third-order valence-corrected chi connectivity index (χ3v) is 6.81. The van der Waals surface area contributed by atoms with Crippen molar-refractivity contribution >= 4 is 29.0 Å². The van der Waals surface area contributed by atoms with Gasteiger partial charge in [0.2, 0.25) is 5.91 Å². The third-order valence-electron chi connectivity index (χ3n) is 6.81. The summed E-state index contributed by atoms with van der Waals surface area (Å²) in [6, 6.07) is 9.69. The molecule has 0 aliphatic carbocycles. The lowest BCUT2D eigenvalue weighted by molar-refractivity contribution is -0.120. The normalized spacial score (nSPS) is 18.5. The number of likely N-dealkylation sites (N-methyl/N-ethyl adjacent to an activating group) is 1. The average molecular weight is 450 g/mol. The molecule has 0 spiro atoms. The maximum Gasteiger partial charge on any atom is 0.257 e. The number of carbonyl (C=O) groups is 2. The summed E-state index contributed by atoms with van der Waals surface area (Å²) in [5, 5.41) is 2.96. The first-order valence-corrected chi connectivity index (χ1v) is 12.1. The molecule has 0 saturated carbocycles. The topological polar surface area (TPSA) is 68.8 Å². The number of nitrogens with one attached hydrogen (secondary N) is 1. The standard InChI is InChI=1S/C26H35N5O2/c1-5-29(6-2)16-20-9-7-8-14-30(20)17-24(32)31-23-13-10-18(3)15-21(23)26(33)28-22-12-11-19(4)27-25(22)31/h10-13,15,20H,5-9,14,16-17H2,1-4H3,(H,28,33). The molecule has 1 aromatic heterocycles. The fraction of sp³-hybridized carbons (Fsp3) is 0.500. The number of nitrogens with zero attached hydrogens (tertiary/aromatic N) is 4. The van der Waals surface area contributed by atoms with E-state index in [0.717, 1.165) is 50.3 Å². The van der Waals surface area contributed by atoms with Gasteiger partial charge in [-0.2, -0.15) is 0 Å². The summed E-state index contributed by atoms with van der Waals surface area (Å²) in [5.74, 6) is 0.226. The zero-order chi connectivity index (χ0) is 23.5. The zero-order valence-corrected chi connectivity index (χ0v) is 20.2. The summed E-state index contributed by atoms with van der Waals surface area (Å²) in [7, 11) is 0. The first-order chi connectivity index (χ1) is 15.9. The van der Waals surface area contributed by atoms with E-state index in [-0.39, 0.29) is 11.8 Å². The van der Waals surface area contributed by atoms with Crippen LogP contribution in [0.25, 0.3) is 0 Å². The molecule has 1 unspecified atom stereocenters. The number of pyridine rings is 1. The second kappa shape index (κ2) is 10.0. The van der Waals surface area contributed by atoms with Crippen LogP contribution in [0.2, 0.25) is 0 Å². The van der Waals surface area contributed by atoms with Crippen molar-refractivity contribution in [3.8, 4) is 0 Å². The summed E-state index contributed by atoms with van der Waals surface area (Å²) < 4.78 is 0. The van der Waals surface area contributed by atoms with Crippen molar-refractivity contribution in [1.29, 1.82) is 0 Å². The van der Waals surface area contributed by atoms with Gasteiger partial charge in [-0.3, -0.25) is 19.4 Å². The summed E-state index contributed by atoms with van der Waals surface area (Å²) in [6.45, 7) is 12.4. The Kier molecular flexibility index (Phi) is 7.10. The Bertz CT molecular complexity index is 1030. The number of likely N-dealkylation sites (tertiary alicyclic amines) is 1. The van der Waals surface area contributed by atoms with Gasteiger partial charge >= 0.3 is 0 Å². The lowest BCUT2D eigenvalue weighted by Gasteiger charge is -2.38. The fourth-order valence-electron chi connectivity index (χ4n) is 4.89. The minimum Gasteiger partial charge on any atom is -0.319 e. The highest BCUT2D eigenvalue weighted by molar-refractivity contribution is 6.17. The van der Waals surface area contributed by atoms with Gasteiger partial charge in [-0.05, 0) is 70.6 Å². The number of rotatable bonds is 6. The summed E-state index contributed by atoms with van der Waals surface area (Å²) in [4.78, 5) is 38.0. The maximum absolute atomic E-state index is 13.9. The van der Waals surface area contributed by atoms with Gasteiger partial charge in [0.1, 0.15) is 0 Å². The van der Waals surface area contributed by atoms with Gasteiger partial charge in [0, 0.05) is 18.3 Å². The number of amides is 2. The van der Waals surface area contributed by atoms with Crippen molar-refractivity contribution in [3.05, 3.63) is 47.2 Å². The van der Waals surface area contributed by atoms with E-state index in [2.05, 4.69) is 33.9 Å². The van der Waals surface area contributed by atoms with E-state index in [4.69, 9.17) is 0 Å². The van der Waals surface area contributed by atoms with Crippen molar-refractivity contribution in [3.63, 3.8) is 0 Å². The van der Waals surface area contributed by atoms with Gasteiger partial charge in [-0.15, -0.1) is 0 Å². The molecule has 7 nitrogen and oxygen atoms in total. The van der Waals surface area contributed by atoms with E-state index in [0.29, 0.717) is 35.3 Å². The minimum absolute atomic E-state index is 0.0533. The monoisotopic (exact) mass is 449 g/mol. The molecule has 1 atom stereocenters. The molecule has 2 aliphatic heterocycles. The summed E-state index contributed by atoms with van der Waals surface area (Å²) in [5.41, 5.74) is 3.43. The minimum atomic E-state index is -0.215. The van der Waals surface area contributed by atoms with Crippen molar-refractivity contribution in [2.45, 2.75) is 53.0 Å². The van der Waals surface area contributed by atoms with Crippen LogP contribution in [0.1, 0.15) is 54.7 Å². The average Bonchev–Trinajstić information content (AvgIpc) is 2.92. The molecule has 1 aromatic carbocycles. The van der Waals surface area contributed by atoms with E-state index in [9.17, 15) is 9.59 Å². The number of anilines is 3. The van der Waals surface area contributed by atoms with Gasteiger partial charge in [0.05, 0.1) is 23.5 Å². The largest absolute Gasteiger partial charge is 0.319 e. The molecule has 7 heteroatoms. The van der Waals surface area contributed by atoms with E-state index < -0.39 is 0 Å². The molecular formula is C26H35N5O2. The molecule has 33 heavy (non-hydrogen) atoms. The van der Waals surface area contributed by atoms with Crippen LogP contribution >= 0.6 is 0 Å². The number of hydrogen-bond acceptors (Lipinski definition) is 5.